The number of ether oxygens (including phenoxy) is 1. The summed E-state index contributed by atoms with van der Waals surface area (Å²) in [5.41, 5.74) is 3.09. The molecule has 2 aliphatic heterocycles. The topological polar surface area (TPSA) is 68.2 Å². The number of carbonyl (C=O) groups is 2. The number of hydrogen-bond acceptors (Lipinski definition) is 5. The van der Waals surface area contributed by atoms with Crippen LogP contribution in [0.15, 0.2) is 59.8 Å². The number of imide groups is 1. The molecule has 1 saturated heterocycles. The molecule has 30 heavy (non-hydrogen) atoms. The number of benzene rings is 2. The Morgan fingerprint density at radius 1 is 1.13 bits per heavy atom. The molecule has 0 spiro atoms. The summed E-state index contributed by atoms with van der Waals surface area (Å²) in [5, 5.41) is 4.14. The number of carbonyl (C=O) groups excluding carboxylic acids is 2. The minimum absolute atomic E-state index is 0.328. The van der Waals surface area contributed by atoms with Gasteiger partial charge in [-0.2, -0.15) is 0 Å². The van der Waals surface area contributed by atoms with Crippen molar-refractivity contribution in [2.45, 2.75) is 57.8 Å². The predicted octanol–water partition coefficient (Wildman–Crippen LogP) is 4.11. The van der Waals surface area contributed by atoms with Crippen LogP contribution in [0.3, 0.4) is 0 Å². The number of hydrogen-bond donors (Lipinski definition) is 0. The summed E-state index contributed by atoms with van der Waals surface area (Å²) in [6.45, 7) is 5.75. The zero-order chi connectivity index (χ0) is 21.3. The van der Waals surface area contributed by atoms with Crippen molar-refractivity contribution < 1.29 is 19.2 Å². The molecule has 0 radical (unpaired) electrons. The Morgan fingerprint density at radius 2 is 1.87 bits per heavy atom. The molecule has 2 aromatic carbocycles. The number of amides is 2. The normalized spacial score (nSPS) is 22.4. The van der Waals surface area contributed by atoms with E-state index in [4.69, 9.17) is 9.57 Å². The van der Waals surface area contributed by atoms with Crippen molar-refractivity contribution in [3.05, 3.63) is 71.3 Å². The van der Waals surface area contributed by atoms with Gasteiger partial charge in [-0.15, -0.1) is 0 Å². The number of aryl methyl sites for hydroxylation is 1. The largest absolute Gasteiger partial charge is 0.441 e. The Labute approximate surface area is 176 Å². The van der Waals surface area contributed by atoms with Crippen LogP contribution in [-0.2, 0) is 27.2 Å². The molecule has 4 rings (SSSR count). The molecule has 0 N–H and O–H groups in total. The first kappa shape index (κ1) is 20.1. The molecule has 2 atom stereocenters. The second-order valence-electron chi connectivity index (χ2n) is 8.28. The Bertz CT molecular complexity index is 984. The molecule has 0 unspecified atom stereocenters. The van der Waals surface area contributed by atoms with E-state index in [1.54, 1.807) is 0 Å². The van der Waals surface area contributed by atoms with E-state index in [1.807, 2.05) is 56.3 Å². The highest BCUT2D eigenvalue weighted by molar-refractivity contribution is 6.06. The van der Waals surface area contributed by atoms with Crippen LogP contribution in [0, 0.1) is 0 Å². The van der Waals surface area contributed by atoms with Gasteiger partial charge in [0.25, 0.3) is 5.91 Å². The Balaban J connectivity index is 1.52. The summed E-state index contributed by atoms with van der Waals surface area (Å²) >= 11 is 0. The van der Waals surface area contributed by atoms with Gasteiger partial charge in [-0.1, -0.05) is 60.6 Å². The molecular weight excluding hydrogens is 380 g/mol. The van der Waals surface area contributed by atoms with Crippen LogP contribution in [0.1, 0.15) is 43.9 Å². The van der Waals surface area contributed by atoms with Crippen molar-refractivity contribution in [3.8, 4) is 0 Å². The molecular formula is C24H26N2O4. The second kappa shape index (κ2) is 7.94. The third kappa shape index (κ3) is 3.82. The number of oxime groups is 1. The van der Waals surface area contributed by atoms with E-state index in [2.05, 4.69) is 24.2 Å². The van der Waals surface area contributed by atoms with Gasteiger partial charge in [-0.3, -0.25) is 4.79 Å². The van der Waals surface area contributed by atoms with Gasteiger partial charge < -0.3 is 9.57 Å². The molecule has 2 heterocycles. The van der Waals surface area contributed by atoms with Gasteiger partial charge in [0.1, 0.15) is 5.60 Å². The highest BCUT2D eigenvalue weighted by atomic mass is 16.6. The predicted molar refractivity (Wildman–Crippen MR) is 113 cm³/mol. The maximum Gasteiger partial charge on any atom is 0.417 e. The van der Waals surface area contributed by atoms with Crippen LogP contribution >= 0.6 is 0 Å². The van der Waals surface area contributed by atoms with Crippen molar-refractivity contribution >= 4 is 17.7 Å². The second-order valence-corrected chi connectivity index (χ2v) is 8.28. The van der Waals surface area contributed by atoms with E-state index in [-0.39, 0.29) is 0 Å². The summed E-state index contributed by atoms with van der Waals surface area (Å²) in [6, 6.07) is 17.4. The van der Waals surface area contributed by atoms with E-state index >= 15 is 0 Å². The Morgan fingerprint density at radius 3 is 2.60 bits per heavy atom. The zero-order valence-corrected chi connectivity index (χ0v) is 17.5. The third-order valence-corrected chi connectivity index (χ3v) is 5.78. The SMILES string of the molecule is CCc1cccc(C2=NO[C@H](C(=O)N3C(=O)OC(C)(C)[C@@H]3Cc3ccccc3)C2)c1. The fourth-order valence-corrected chi connectivity index (χ4v) is 4.00. The van der Waals surface area contributed by atoms with Gasteiger partial charge in [-0.05, 0) is 49.4 Å². The minimum Gasteiger partial charge on any atom is -0.441 e. The lowest BCUT2D eigenvalue weighted by molar-refractivity contribution is -0.140. The minimum atomic E-state index is -0.829. The van der Waals surface area contributed by atoms with Crippen molar-refractivity contribution in [1.29, 1.82) is 0 Å². The first-order valence-electron chi connectivity index (χ1n) is 10.3. The summed E-state index contributed by atoms with van der Waals surface area (Å²) in [4.78, 5) is 32.6. The molecule has 2 aromatic rings. The monoisotopic (exact) mass is 406 g/mol. The van der Waals surface area contributed by atoms with Gasteiger partial charge in [0.05, 0.1) is 11.8 Å². The highest BCUT2D eigenvalue weighted by Crippen LogP contribution is 2.33. The van der Waals surface area contributed by atoms with Crippen LogP contribution in [0.5, 0.6) is 0 Å². The molecule has 2 amide bonds. The molecule has 0 bridgehead atoms. The zero-order valence-electron chi connectivity index (χ0n) is 17.5. The first-order chi connectivity index (χ1) is 14.4. The van der Waals surface area contributed by atoms with Gasteiger partial charge in [0, 0.05) is 6.42 Å². The van der Waals surface area contributed by atoms with E-state index in [9.17, 15) is 9.59 Å². The van der Waals surface area contributed by atoms with Crippen LogP contribution in [0.25, 0.3) is 0 Å². The van der Waals surface area contributed by atoms with Crippen LogP contribution < -0.4 is 0 Å². The molecule has 1 fully saturated rings. The fourth-order valence-electron chi connectivity index (χ4n) is 4.00. The molecule has 0 aromatic heterocycles. The number of cyclic esters (lactones) is 1. The number of rotatable bonds is 5. The average molecular weight is 406 g/mol. The molecule has 0 saturated carbocycles. The molecule has 6 heteroatoms. The van der Waals surface area contributed by atoms with Crippen molar-refractivity contribution in [1.82, 2.24) is 4.90 Å². The average Bonchev–Trinajstić information content (AvgIpc) is 3.31. The van der Waals surface area contributed by atoms with Crippen LogP contribution in [0.4, 0.5) is 4.79 Å². The standard InChI is InChI=1S/C24H26N2O4/c1-4-16-11-8-12-18(13-16)19-15-20(30-25-19)22(27)26-21(24(2,3)29-23(26)28)14-17-9-6-5-7-10-17/h5-13,20-21H,4,14-15H2,1-3H3/t20-,21-/m0/s1. The molecule has 2 aliphatic rings. The third-order valence-electron chi connectivity index (χ3n) is 5.78. The summed E-state index contributed by atoms with van der Waals surface area (Å²) < 4.78 is 5.54. The van der Waals surface area contributed by atoms with Gasteiger partial charge in [-0.25, -0.2) is 9.69 Å². The molecule has 0 aliphatic carbocycles. The summed E-state index contributed by atoms with van der Waals surface area (Å²) in [6.07, 6.45) is 0.305. The summed E-state index contributed by atoms with van der Waals surface area (Å²) in [7, 11) is 0. The van der Waals surface area contributed by atoms with Gasteiger partial charge in [0.2, 0.25) is 6.10 Å². The molecule has 156 valence electrons. The maximum absolute atomic E-state index is 13.3. The van der Waals surface area contributed by atoms with E-state index in [1.165, 1.54) is 10.5 Å². The lowest BCUT2D eigenvalue weighted by atomic mass is 9.91. The van der Waals surface area contributed by atoms with E-state index in [0.29, 0.717) is 12.8 Å². The number of nitrogens with zero attached hydrogens (tertiary/aromatic N) is 2. The van der Waals surface area contributed by atoms with Gasteiger partial charge >= 0.3 is 6.09 Å². The van der Waals surface area contributed by atoms with Crippen molar-refractivity contribution in [2.24, 2.45) is 5.16 Å². The Hall–Kier alpha value is -3.15. The van der Waals surface area contributed by atoms with Crippen LogP contribution in [-0.4, -0.2) is 40.4 Å². The van der Waals surface area contributed by atoms with Crippen molar-refractivity contribution in [2.75, 3.05) is 0 Å². The Kier molecular flexibility index (Phi) is 5.33. The first-order valence-corrected chi connectivity index (χ1v) is 10.3. The molecule has 6 nitrogen and oxygen atoms in total. The smallest absolute Gasteiger partial charge is 0.417 e. The van der Waals surface area contributed by atoms with E-state index < -0.39 is 29.7 Å². The quantitative estimate of drug-likeness (QED) is 0.749. The highest BCUT2D eigenvalue weighted by Gasteiger charge is 2.52. The summed E-state index contributed by atoms with van der Waals surface area (Å²) in [5.74, 6) is -0.406. The maximum atomic E-state index is 13.3. The lowest BCUT2D eigenvalue weighted by Crippen LogP contribution is -2.49. The van der Waals surface area contributed by atoms with Crippen LogP contribution in [0.2, 0.25) is 0 Å². The lowest BCUT2D eigenvalue weighted by Gasteiger charge is -2.28. The van der Waals surface area contributed by atoms with Gasteiger partial charge in [0.15, 0.2) is 0 Å². The van der Waals surface area contributed by atoms with E-state index in [0.717, 1.165) is 23.3 Å². The van der Waals surface area contributed by atoms with Crippen molar-refractivity contribution in [3.63, 3.8) is 0 Å². The fraction of sp³-hybridized carbons (Fsp3) is 0.375.